The van der Waals surface area contributed by atoms with Crippen LogP contribution >= 0.6 is 12.4 Å². The summed E-state index contributed by atoms with van der Waals surface area (Å²) in [6.45, 7) is 0. The van der Waals surface area contributed by atoms with E-state index in [9.17, 15) is 0 Å². The molecule has 12 heavy (non-hydrogen) atoms. The van der Waals surface area contributed by atoms with Crippen molar-refractivity contribution in [3.63, 3.8) is 0 Å². The molecule has 0 bridgehead atoms. The number of rotatable bonds is 2. The Morgan fingerprint density at radius 1 is 1.58 bits per heavy atom. The minimum atomic E-state index is 0. The summed E-state index contributed by atoms with van der Waals surface area (Å²) in [5.41, 5.74) is 5.81. The number of nitrogen functional groups attached to an aromatic ring is 1. The summed E-state index contributed by atoms with van der Waals surface area (Å²) in [7, 11) is 1.54. The molecule has 0 aromatic carbocycles. The third kappa shape index (κ3) is 2.39. The van der Waals surface area contributed by atoms with Crippen molar-refractivity contribution < 1.29 is 4.74 Å². The van der Waals surface area contributed by atoms with Gasteiger partial charge in [0.05, 0.1) is 7.11 Å². The maximum Gasteiger partial charge on any atom is 0.212 e. The lowest BCUT2D eigenvalue weighted by Gasteiger charge is -1.99. The molecule has 0 spiro atoms. The van der Waals surface area contributed by atoms with Crippen LogP contribution in [0.5, 0.6) is 5.88 Å². The van der Waals surface area contributed by atoms with E-state index in [2.05, 4.69) is 4.98 Å². The van der Waals surface area contributed by atoms with E-state index in [0.29, 0.717) is 11.4 Å². The molecule has 0 unspecified atom stereocenters. The van der Waals surface area contributed by atoms with E-state index in [1.165, 1.54) is 13.3 Å². The van der Waals surface area contributed by atoms with Crippen molar-refractivity contribution in [1.29, 1.82) is 5.41 Å². The topological polar surface area (TPSA) is 72.0 Å². The first-order chi connectivity index (χ1) is 5.24. The van der Waals surface area contributed by atoms with Gasteiger partial charge in [0, 0.05) is 17.8 Å². The zero-order valence-electron chi connectivity index (χ0n) is 6.57. The van der Waals surface area contributed by atoms with Crippen LogP contribution in [0.2, 0.25) is 0 Å². The molecular formula is C7H10ClN3O. The van der Waals surface area contributed by atoms with E-state index in [1.54, 1.807) is 12.1 Å². The van der Waals surface area contributed by atoms with Gasteiger partial charge in [-0.2, -0.15) is 0 Å². The van der Waals surface area contributed by atoms with E-state index in [-0.39, 0.29) is 18.2 Å². The molecule has 0 atom stereocenters. The van der Waals surface area contributed by atoms with Crippen LogP contribution in [0, 0.1) is 5.41 Å². The van der Waals surface area contributed by atoms with Crippen LogP contribution in [0.25, 0.3) is 0 Å². The Hall–Kier alpha value is -1.29. The van der Waals surface area contributed by atoms with Crippen molar-refractivity contribution >= 4 is 18.2 Å². The van der Waals surface area contributed by atoms with Crippen LogP contribution in [0.15, 0.2) is 18.3 Å². The van der Waals surface area contributed by atoms with Gasteiger partial charge in [-0.05, 0) is 6.07 Å². The van der Waals surface area contributed by atoms with Gasteiger partial charge in [0.1, 0.15) is 5.84 Å². The fraction of sp³-hybridized carbons (Fsp3) is 0.143. The number of hydrogen-bond donors (Lipinski definition) is 2. The predicted octanol–water partition coefficient (Wildman–Crippen LogP) is 0.796. The van der Waals surface area contributed by atoms with E-state index >= 15 is 0 Å². The van der Waals surface area contributed by atoms with Gasteiger partial charge in [0.25, 0.3) is 0 Å². The molecule has 1 rings (SSSR count). The molecule has 0 saturated heterocycles. The van der Waals surface area contributed by atoms with Gasteiger partial charge in [-0.15, -0.1) is 12.4 Å². The Morgan fingerprint density at radius 3 is 2.58 bits per heavy atom. The van der Waals surface area contributed by atoms with Crippen molar-refractivity contribution in [2.45, 2.75) is 0 Å². The molecule has 4 nitrogen and oxygen atoms in total. The third-order valence-corrected chi connectivity index (χ3v) is 1.26. The maximum absolute atomic E-state index is 7.06. The zero-order valence-corrected chi connectivity index (χ0v) is 7.39. The molecular weight excluding hydrogens is 178 g/mol. The predicted molar refractivity (Wildman–Crippen MR) is 49.1 cm³/mol. The second-order valence-electron chi connectivity index (χ2n) is 2.00. The van der Waals surface area contributed by atoms with E-state index < -0.39 is 0 Å². The lowest BCUT2D eigenvalue weighted by atomic mass is 10.3. The number of pyridine rings is 1. The number of hydrogen-bond acceptors (Lipinski definition) is 3. The highest BCUT2D eigenvalue weighted by Crippen LogP contribution is 2.05. The number of aromatic nitrogens is 1. The summed E-state index contributed by atoms with van der Waals surface area (Å²) in [5, 5.41) is 7.06. The van der Waals surface area contributed by atoms with Gasteiger partial charge in [-0.3, -0.25) is 5.41 Å². The Morgan fingerprint density at radius 2 is 2.25 bits per heavy atom. The smallest absolute Gasteiger partial charge is 0.212 e. The van der Waals surface area contributed by atoms with Gasteiger partial charge in [0.15, 0.2) is 0 Å². The lowest BCUT2D eigenvalue weighted by Crippen LogP contribution is -2.11. The Balaban J connectivity index is 0.00000121. The maximum atomic E-state index is 7.06. The summed E-state index contributed by atoms with van der Waals surface area (Å²) in [5.74, 6) is 0.537. The molecule has 1 aromatic rings. The minimum Gasteiger partial charge on any atom is -0.481 e. The molecule has 0 fully saturated rings. The van der Waals surface area contributed by atoms with Gasteiger partial charge in [-0.1, -0.05) is 0 Å². The number of halogens is 1. The first-order valence-electron chi connectivity index (χ1n) is 3.08. The monoisotopic (exact) mass is 187 g/mol. The van der Waals surface area contributed by atoms with Gasteiger partial charge >= 0.3 is 0 Å². The van der Waals surface area contributed by atoms with Crippen LogP contribution in [-0.4, -0.2) is 17.9 Å². The number of nitrogens with zero attached hydrogens (tertiary/aromatic N) is 1. The van der Waals surface area contributed by atoms with Crippen LogP contribution in [-0.2, 0) is 0 Å². The second-order valence-corrected chi connectivity index (χ2v) is 2.00. The van der Waals surface area contributed by atoms with Crippen LogP contribution in [0.4, 0.5) is 0 Å². The highest BCUT2D eigenvalue weighted by atomic mass is 35.5. The molecule has 0 amide bonds. The summed E-state index contributed by atoms with van der Waals surface area (Å²) < 4.78 is 4.83. The quantitative estimate of drug-likeness (QED) is 0.531. The molecule has 0 saturated carbocycles. The molecule has 0 aliphatic carbocycles. The Labute approximate surface area is 76.7 Å². The van der Waals surface area contributed by atoms with Crippen molar-refractivity contribution in [3.8, 4) is 5.88 Å². The number of amidine groups is 1. The standard InChI is InChI=1S/C7H9N3O.ClH/c1-11-6-3-2-5(4-10-6)7(8)9;/h2-4H,1H3,(H3,8,9);1H. The normalized spacial score (nSPS) is 8.42. The van der Waals surface area contributed by atoms with E-state index in [1.807, 2.05) is 0 Å². The average molecular weight is 188 g/mol. The SMILES string of the molecule is COc1ccc(C(=N)N)cn1.Cl. The highest BCUT2D eigenvalue weighted by molar-refractivity contribution is 5.94. The third-order valence-electron chi connectivity index (χ3n) is 1.26. The van der Waals surface area contributed by atoms with Crippen molar-refractivity contribution in [2.24, 2.45) is 5.73 Å². The molecule has 1 heterocycles. The summed E-state index contributed by atoms with van der Waals surface area (Å²) in [6.07, 6.45) is 1.50. The Kier molecular flexibility index (Phi) is 4.07. The number of nitrogens with two attached hydrogens (primary N) is 1. The average Bonchev–Trinajstić information content (AvgIpc) is 2.05. The van der Waals surface area contributed by atoms with E-state index in [4.69, 9.17) is 15.9 Å². The van der Waals surface area contributed by atoms with E-state index in [0.717, 1.165) is 0 Å². The molecule has 66 valence electrons. The van der Waals surface area contributed by atoms with Crippen molar-refractivity contribution in [1.82, 2.24) is 4.98 Å². The van der Waals surface area contributed by atoms with Crippen LogP contribution in [0.1, 0.15) is 5.56 Å². The fourth-order valence-electron chi connectivity index (χ4n) is 0.660. The first kappa shape index (κ1) is 10.7. The van der Waals surface area contributed by atoms with Crippen LogP contribution < -0.4 is 10.5 Å². The molecule has 3 N–H and O–H groups in total. The van der Waals surface area contributed by atoms with Gasteiger partial charge < -0.3 is 10.5 Å². The van der Waals surface area contributed by atoms with Crippen molar-refractivity contribution in [2.75, 3.05) is 7.11 Å². The summed E-state index contributed by atoms with van der Waals surface area (Å²) >= 11 is 0. The first-order valence-corrected chi connectivity index (χ1v) is 3.08. The Bertz CT molecular complexity index is 260. The van der Waals surface area contributed by atoms with Gasteiger partial charge in [-0.25, -0.2) is 4.98 Å². The zero-order chi connectivity index (χ0) is 8.27. The minimum absolute atomic E-state index is 0. The largest absolute Gasteiger partial charge is 0.481 e. The molecule has 5 heteroatoms. The lowest BCUT2D eigenvalue weighted by molar-refractivity contribution is 0.398. The second kappa shape index (κ2) is 4.56. The molecule has 0 aliphatic rings. The number of ether oxygens (including phenoxy) is 1. The van der Waals surface area contributed by atoms with Crippen LogP contribution in [0.3, 0.4) is 0 Å². The highest BCUT2D eigenvalue weighted by Gasteiger charge is 1.96. The molecule has 0 radical (unpaired) electrons. The van der Waals surface area contributed by atoms with Gasteiger partial charge in [0.2, 0.25) is 5.88 Å². The number of methoxy groups -OCH3 is 1. The van der Waals surface area contributed by atoms with Crippen molar-refractivity contribution in [3.05, 3.63) is 23.9 Å². The molecule has 0 aliphatic heterocycles. The number of nitrogens with one attached hydrogen (secondary N) is 1. The summed E-state index contributed by atoms with van der Waals surface area (Å²) in [4.78, 5) is 3.88. The summed E-state index contributed by atoms with van der Waals surface area (Å²) in [6, 6.07) is 3.35. The molecule has 1 aromatic heterocycles. The fourth-order valence-corrected chi connectivity index (χ4v) is 0.660.